The summed E-state index contributed by atoms with van der Waals surface area (Å²) in [5, 5.41) is 0. The molecule has 0 radical (unpaired) electrons. The summed E-state index contributed by atoms with van der Waals surface area (Å²) in [6.07, 6.45) is 14.1. The van der Waals surface area contributed by atoms with E-state index in [1.54, 1.807) is 6.08 Å². The van der Waals surface area contributed by atoms with Crippen LogP contribution in [0, 0.1) is 22.7 Å². The standard InChI is InChI=1S/C23H36O2/c1-17(9-7-10-21(24)25-6)11-13-19-18(2)12-14-20-22(3,4)15-8-16-23(19,20)5/h7,9-10,19-20H,2,8,11-16H2,1,3-6H3/b10-7+,17-9-/t19-,20-,23+/m0/s1. The highest BCUT2D eigenvalue weighted by molar-refractivity contribution is 5.82. The molecule has 0 spiro atoms. The molecule has 2 fully saturated rings. The summed E-state index contributed by atoms with van der Waals surface area (Å²) in [5.41, 5.74) is 3.64. The fourth-order valence-electron chi connectivity index (χ4n) is 5.62. The lowest BCUT2D eigenvalue weighted by Crippen LogP contribution is -2.49. The highest BCUT2D eigenvalue weighted by atomic mass is 16.5. The molecule has 0 N–H and O–H groups in total. The minimum Gasteiger partial charge on any atom is -0.466 e. The van der Waals surface area contributed by atoms with Gasteiger partial charge in [0.05, 0.1) is 7.11 Å². The number of hydrogen-bond acceptors (Lipinski definition) is 2. The van der Waals surface area contributed by atoms with Crippen molar-refractivity contribution in [3.05, 3.63) is 36.0 Å². The van der Waals surface area contributed by atoms with Crippen LogP contribution in [0.3, 0.4) is 0 Å². The van der Waals surface area contributed by atoms with Crippen LogP contribution in [0.25, 0.3) is 0 Å². The first-order valence-electron chi connectivity index (χ1n) is 9.80. The number of ether oxygens (including phenoxy) is 1. The summed E-state index contributed by atoms with van der Waals surface area (Å²) < 4.78 is 4.63. The average Bonchev–Trinajstić information content (AvgIpc) is 2.53. The zero-order chi connectivity index (χ0) is 18.7. The molecule has 0 bridgehead atoms. The van der Waals surface area contributed by atoms with Crippen molar-refractivity contribution < 1.29 is 9.53 Å². The molecule has 3 atom stereocenters. The third kappa shape index (κ3) is 4.46. The molecular formula is C23H36O2. The van der Waals surface area contributed by atoms with Crippen molar-refractivity contribution in [1.29, 1.82) is 0 Å². The van der Waals surface area contributed by atoms with Crippen LogP contribution in [0.1, 0.15) is 72.6 Å². The van der Waals surface area contributed by atoms with Crippen LogP contribution in [-0.4, -0.2) is 13.1 Å². The lowest BCUT2D eigenvalue weighted by molar-refractivity contribution is -0.134. The van der Waals surface area contributed by atoms with Gasteiger partial charge in [0.1, 0.15) is 0 Å². The quantitative estimate of drug-likeness (QED) is 0.255. The van der Waals surface area contributed by atoms with Crippen LogP contribution in [0.15, 0.2) is 36.0 Å². The summed E-state index contributed by atoms with van der Waals surface area (Å²) in [7, 11) is 1.40. The molecule has 0 aromatic carbocycles. The maximum absolute atomic E-state index is 11.2. The maximum Gasteiger partial charge on any atom is 0.330 e. The fraction of sp³-hybridized carbons (Fsp3) is 0.696. The lowest BCUT2D eigenvalue weighted by atomic mass is 9.47. The molecule has 0 amide bonds. The first-order valence-corrected chi connectivity index (χ1v) is 9.80. The second-order valence-corrected chi connectivity index (χ2v) is 9.08. The molecule has 2 saturated carbocycles. The summed E-state index contributed by atoms with van der Waals surface area (Å²) in [4.78, 5) is 11.2. The average molecular weight is 345 g/mol. The van der Waals surface area contributed by atoms with Crippen LogP contribution in [0.5, 0.6) is 0 Å². The van der Waals surface area contributed by atoms with Crippen LogP contribution in [0.4, 0.5) is 0 Å². The molecular weight excluding hydrogens is 308 g/mol. The van der Waals surface area contributed by atoms with Gasteiger partial charge in [-0.05, 0) is 68.1 Å². The van der Waals surface area contributed by atoms with Gasteiger partial charge in [-0.1, -0.05) is 57.1 Å². The Labute approximate surface area is 154 Å². The van der Waals surface area contributed by atoms with Crippen LogP contribution in [-0.2, 0) is 9.53 Å². The second kappa shape index (κ2) is 7.93. The normalized spacial score (nSPS) is 32.5. The smallest absolute Gasteiger partial charge is 0.330 e. The highest BCUT2D eigenvalue weighted by Crippen LogP contribution is 2.61. The van der Waals surface area contributed by atoms with Gasteiger partial charge >= 0.3 is 5.97 Å². The van der Waals surface area contributed by atoms with E-state index in [1.807, 2.05) is 6.08 Å². The van der Waals surface area contributed by atoms with Gasteiger partial charge in [0.2, 0.25) is 0 Å². The molecule has 0 saturated heterocycles. The van der Waals surface area contributed by atoms with E-state index >= 15 is 0 Å². The molecule has 0 aromatic heterocycles. The summed E-state index contributed by atoms with van der Waals surface area (Å²) in [6.45, 7) is 14.1. The van der Waals surface area contributed by atoms with E-state index in [4.69, 9.17) is 0 Å². The van der Waals surface area contributed by atoms with E-state index in [1.165, 1.54) is 62.9 Å². The second-order valence-electron chi connectivity index (χ2n) is 9.08. The topological polar surface area (TPSA) is 26.3 Å². The molecule has 2 aliphatic rings. The molecule has 2 aliphatic carbocycles. The third-order valence-electron chi connectivity index (χ3n) is 6.96. The third-order valence-corrected chi connectivity index (χ3v) is 6.96. The van der Waals surface area contributed by atoms with E-state index in [0.29, 0.717) is 16.7 Å². The Hall–Kier alpha value is -1.31. The van der Waals surface area contributed by atoms with E-state index in [2.05, 4.69) is 39.0 Å². The number of carbonyl (C=O) groups excluding carboxylic acids is 1. The van der Waals surface area contributed by atoms with Gasteiger partial charge in [-0.15, -0.1) is 0 Å². The van der Waals surface area contributed by atoms with Crippen molar-refractivity contribution in [3.8, 4) is 0 Å². The van der Waals surface area contributed by atoms with Gasteiger partial charge in [-0.2, -0.15) is 0 Å². The monoisotopic (exact) mass is 344 g/mol. The SMILES string of the molecule is C=C1CC[C@H]2C(C)(C)CCC[C@]2(C)[C@H]1CC/C(C)=C\C=C\C(=O)OC. The molecule has 2 nitrogen and oxygen atoms in total. The Balaban J connectivity index is 2.06. The van der Waals surface area contributed by atoms with Gasteiger partial charge in [0, 0.05) is 6.08 Å². The Morgan fingerprint density at radius 1 is 1.32 bits per heavy atom. The van der Waals surface area contributed by atoms with Crippen molar-refractivity contribution in [1.82, 2.24) is 0 Å². The minimum absolute atomic E-state index is 0.301. The van der Waals surface area contributed by atoms with Gasteiger partial charge in [0.25, 0.3) is 0 Å². The number of allylic oxidation sites excluding steroid dienone is 4. The Kier molecular flexibility index (Phi) is 6.35. The van der Waals surface area contributed by atoms with Crippen LogP contribution < -0.4 is 0 Å². The number of esters is 1. The molecule has 2 heteroatoms. The molecule has 0 aliphatic heterocycles. The fourth-order valence-corrected chi connectivity index (χ4v) is 5.62. The lowest BCUT2D eigenvalue weighted by Gasteiger charge is -2.58. The summed E-state index contributed by atoms with van der Waals surface area (Å²) in [5.74, 6) is 1.14. The van der Waals surface area contributed by atoms with Gasteiger partial charge < -0.3 is 4.74 Å². The predicted molar refractivity (Wildman–Crippen MR) is 105 cm³/mol. The molecule has 2 rings (SSSR count). The molecule has 0 aromatic rings. The Bertz CT molecular complexity index is 567. The number of rotatable bonds is 5. The molecule has 0 unspecified atom stereocenters. The van der Waals surface area contributed by atoms with Crippen molar-refractivity contribution in [2.75, 3.05) is 7.11 Å². The van der Waals surface area contributed by atoms with E-state index in [9.17, 15) is 4.79 Å². The van der Waals surface area contributed by atoms with E-state index < -0.39 is 0 Å². The van der Waals surface area contributed by atoms with Crippen molar-refractivity contribution in [2.24, 2.45) is 22.7 Å². The van der Waals surface area contributed by atoms with Gasteiger partial charge in [-0.25, -0.2) is 4.79 Å². The number of fused-ring (bicyclic) bond motifs is 1. The summed E-state index contributed by atoms with van der Waals surface area (Å²) in [6, 6.07) is 0. The maximum atomic E-state index is 11.2. The van der Waals surface area contributed by atoms with Crippen molar-refractivity contribution in [2.45, 2.75) is 72.6 Å². The van der Waals surface area contributed by atoms with E-state index in [0.717, 1.165) is 12.3 Å². The van der Waals surface area contributed by atoms with Crippen molar-refractivity contribution in [3.63, 3.8) is 0 Å². The molecule has 0 heterocycles. The number of hydrogen-bond donors (Lipinski definition) is 0. The first kappa shape index (κ1) is 20.0. The van der Waals surface area contributed by atoms with Crippen molar-refractivity contribution >= 4 is 5.97 Å². The van der Waals surface area contributed by atoms with E-state index in [-0.39, 0.29) is 5.97 Å². The van der Waals surface area contributed by atoms with Gasteiger partial charge in [-0.3, -0.25) is 0 Å². The molecule has 140 valence electrons. The molecule has 25 heavy (non-hydrogen) atoms. The zero-order valence-electron chi connectivity index (χ0n) is 16.9. The van der Waals surface area contributed by atoms with Crippen LogP contribution in [0.2, 0.25) is 0 Å². The zero-order valence-corrected chi connectivity index (χ0v) is 16.9. The minimum atomic E-state index is -0.301. The number of methoxy groups -OCH3 is 1. The first-order chi connectivity index (χ1) is 11.7. The number of carbonyl (C=O) groups is 1. The highest BCUT2D eigenvalue weighted by Gasteiger charge is 2.52. The predicted octanol–water partition coefficient (Wildman–Crippen LogP) is 6.24. The Morgan fingerprint density at radius 3 is 2.72 bits per heavy atom. The van der Waals surface area contributed by atoms with Crippen LogP contribution >= 0.6 is 0 Å². The summed E-state index contributed by atoms with van der Waals surface area (Å²) >= 11 is 0. The Morgan fingerprint density at radius 2 is 2.04 bits per heavy atom. The van der Waals surface area contributed by atoms with Gasteiger partial charge in [0.15, 0.2) is 0 Å². The largest absolute Gasteiger partial charge is 0.466 e.